The summed E-state index contributed by atoms with van der Waals surface area (Å²) < 4.78 is 18.0. The Labute approximate surface area is 91.9 Å². The quantitative estimate of drug-likeness (QED) is 0.838. The van der Waals surface area contributed by atoms with E-state index in [4.69, 9.17) is 22.1 Å². The van der Waals surface area contributed by atoms with E-state index >= 15 is 0 Å². The number of aromatic hydroxyl groups is 1. The summed E-state index contributed by atoms with van der Waals surface area (Å²) in [7, 11) is 1.25. The molecule has 0 fully saturated rings. The van der Waals surface area contributed by atoms with Gasteiger partial charge >= 0.3 is 0 Å². The SMILES string of the molecule is COc1c(O)c(/C=C/CN)cc(Cl)c1F. The monoisotopic (exact) mass is 231 g/mol. The third kappa shape index (κ3) is 2.40. The first-order chi connectivity index (χ1) is 7.11. The summed E-state index contributed by atoms with van der Waals surface area (Å²) in [5.41, 5.74) is 5.62. The van der Waals surface area contributed by atoms with Crippen molar-refractivity contribution in [3.05, 3.63) is 28.5 Å². The summed E-state index contributed by atoms with van der Waals surface area (Å²) in [6.07, 6.45) is 3.16. The van der Waals surface area contributed by atoms with E-state index in [1.165, 1.54) is 13.2 Å². The predicted molar refractivity (Wildman–Crippen MR) is 57.7 cm³/mol. The molecule has 0 aromatic heterocycles. The lowest BCUT2D eigenvalue weighted by Gasteiger charge is -2.08. The summed E-state index contributed by atoms with van der Waals surface area (Å²) in [6, 6.07) is 1.31. The van der Waals surface area contributed by atoms with Crippen LogP contribution < -0.4 is 10.5 Å². The van der Waals surface area contributed by atoms with Crippen LogP contribution in [0.2, 0.25) is 5.02 Å². The van der Waals surface area contributed by atoms with E-state index < -0.39 is 5.82 Å². The lowest BCUT2D eigenvalue weighted by Crippen LogP contribution is -1.94. The maximum Gasteiger partial charge on any atom is 0.198 e. The van der Waals surface area contributed by atoms with Crippen molar-refractivity contribution in [1.29, 1.82) is 0 Å². The van der Waals surface area contributed by atoms with Gasteiger partial charge in [0.25, 0.3) is 0 Å². The molecule has 0 amide bonds. The van der Waals surface area contributed by atoms with Crippen molar-refractivity contribution in [2.24, 2.45) is 5.73 Å². The first-order valence-electron chi connectivity index (χ1n) is 4.23. The van der Waals surface area contributed by atoms with Gasteiger partial charge in [-0.1, -0.05) is 23.8 Å². The third-order valence-corrected chi connectivity index (χ3v) is 2.09. The Kier molecular flexibility index (Phi) is 3.94. The van der Waals surface area contributed by atoms with Crippen molar-refractivity contribution in [1.82, 2.24) is 0 Å². The van der Waals surface area contributed by atoms with E-state index in [0.717, 1.165) is 0 Å². The molecular weight excluding hydrogens is 221 g/mol. The van der Waals surface area contributed by atoms with Gasteiger partial charge in [0.05, 0.1) is 12.1 Å². The van der Waals surface area contributed by atoms with Crippen LogP contribution in [0.15, 0.2) is 12.1 Å². The number of halogens is 2. The van der Waals surface area contributed by atoms with Gasteiger partial charge in [0.15, 0.2) is 17.3 Å². The molecule has 3 nitrogen and oxygen atoms in total. The first kappa shape index (κ1) is 11.8. The van der Waals surface area contributed by atoms with E-state index in [1.54, 1.807) is 12.2 Å². The molecule has 1 rings (SSSR count). The van der Waals surface area contributed by atoms with Crippen LogP contribution in [-0.4, -0.2) is 18.8 Å². The van der Waals surface area contributed by atoms with Crippen LogP contribution in [0.4, 0.5) is 4.39 Å². The van der Waals surface area contributed by atoms with E-state index in [9.17, 15) is 9.50 Å². The molecule has 5 heteroatoms. The Hall–Kier alpha value is -1.26. The molecule has 0 saturated heterocycles. The van der Waals surface area contributed by atoms with Crippen molar-refractivity contribution in [2.75, 3.05) is 13.7 Å². The summed E-state index contributed by atoms with van der Waals surface area (Å²) in [5.74, 6) is -1.33. The molecule has 3 N–H and O–H groups in total. The summed E-state index contributed by atoms with van der Waals surface area (Å²) >= 11 is 5.62. The molecule has 0 heterocycles. The molecule has 82 valence electrons. The van der Waals surface area contributed by atoms with E-state index in [-0.39, 0.29) is 16.5 Å². The van der Waals surface area contributed by atoms with Gasteiger partial charge < -0.3 is 15.6 Å². The van der Waals surface area contributed by atoms with Crippen LogP contribution in [0.1, 0.15) is 5.56 Å². The van der Waals surface area contributed by atoms with E-state index in [2.05, 4.69) is 0 Å². The Bertz CT molecular complexity index is 393. The van der Waals surface area contributed by atoms with Crippen LogP contribution in [0.25, 0.3) is 6.08 Å². The van der Waals surface area contributed by atoms with Crippen LogP contribution in [-0.2, 0) is 0 Å². The molecule has 1 aromatic carbocycles. The third-order valence-electron chi connectivity index (χ3n) is 1.82. The molecular formula is C10H11ClFNO2. The fourth-order valence-electron chi connectivity index (χ4n) is 1.12. The van der Waals surface area contributed by atoms with Crippen molar-refractivity contribution < 1.29 is 14.2 Å². The Balaban J connectivity index is 3.30. The highest BCUT2D eigenvalue weighted by Crippen LogP contribution is 2.37. The first-order valence-corrected chi connectivity index (χ1v) is 4.61. The lowest BCUT2D eigenvalue weighted by atomic mass is 10.1. The predicted octanol–water partition coefficient (Wildman–Crippen LogP) is 2.17. The van der Waals surface area contributed by atoms with E-state index in [0.29, 0.717) is 12.1 Å². The number of rotatable bonds is 3. The molecule has 0 aliphatic rings. The topological polar surface area (TPSA) is 55.5 Å². The largest absolute Gasteiger partial charge is 0.504 e. The fourth-order valence-corrected chi connectivity index (χ4v) is 1.32. The van der Waals surface area contributed by atoms with Gasteiger partial charge in [-0.25, -0.2) is 4.39 Å². The molecule has 15 heavy (non-hydrogen) atoms. The second-order valence-corrected chi connectivity index (χ2v) is 3.19. The van der Waals surface area contributed by atoms with Gasteiger partial charge in [0.1, 0.15) is 0 Å². The normalized spacial score (nSPS) is 10.9. The number of ether oxygens (including phenoxy) is 1. The van der Waals surface area contributed by atoms with Crippen LogP contribution in [0.3, 0.4) is 0 Å². The molecule has 0 aliphatic carbocycles. The lowest BCUT2D eigenvalue weighted by molar-refractivity contribution is 0.351. The van der Waals surface area contributed by atoms with Crippen LogP contribution in [0.5, 0.6) is 11.5 Å². The Morgan fingerprint density at radius 1 is 1.67 bits per heavy atom. The molecule has 0 unspecified atom stereocenters. The Morgan fingerprint density at radius 3 is 2.87 bits per heavy atom. The zero-order valence-corrected chi connectivity index (χ0v) is 8.88. The number of phenols is 1. The number of methoxy groups -OCH3 is 1. The molecule has 0 bridgehead atoms. The van der Waals surface area contributed by atoms with Crippen molar-refractivity contribution in [3.63, 3.8) is 0 Å². The van der Waals surface area contributed by atoms with Gasteiger partial charge in [-0.3, -0.25) is 0 Å². The minimum absolute atomic E-state index is 0.110. The molecule has 1 aromatic rings. The standard InChI is InChI=1S/C10H11ClFNO2/c1-15-10-8(12)7(11)5-6(9(10)14)3-2-4-13/h2-3,5,14H,4,13H2,1H3/b3-2+. The van der Waals surface area contributed by atoms with Crippen LogP contribution >= 0.6 is 11.6 Å². The van der Waals surface area contributed by atoms with Gasteiger partial charge in [-0.05, 0) is 6.07 Å². The highest BCUT2D eigenvalue weighted by molar-refractivity contribution is 6.31. The zero-order chi connectivity index (χ0) is 11.4. The van der Waals surface area contributed by atoms with Gasteiger partial charge in [0.2, 0.25) is 0 Å². The highest BCUT2D eigenvalue weighted by atomic mass is 35.5. The number of hydrogen-bond acceptors (Lipinski definition) is 3. The average molecular weight is 232 g/mol. The summed E-state index contributed by atoms with van der Waals surface area (Å²) in [4.78, 5) is 0. The molecule has 0 aliphatic heterocycles. The average Bonchev–Trinajstić information content (AvgIpc) is 2.22. The second kappa shape index (κ2) is 5.00. The van der Waals surface area contributed by atoms with Gasteiger partial charge in [0, 0.05) is 12.1 Å². The van der Waals surface area contributed by atoms with Gasteiger partial charge in [-0.2, -0.15) is 0 Å². The van der Waals surface area contributed by atoms with Crippen molar-refractivity contribution in [2.45, 2.75) is 0 Å². The summed E-state index contributed by atoms with van der Waals surface area (Å²) in [6.45, 7) is 0.316. The van der Waals surface area contributed by atoms with E-state index in [1.807, 2.05) is 0 Å². The van der Waals surface area contributed by atoms with Crippen molar-refractivity contribution >= 4 is 17.7 Å². The molecule has 0 atom stereocenters. The smallest absolute Gasteiger partial charge is 0.198 e. The number of hydrogen-bond donors (Lipinski definition) is 2. The summed E-state index contributed by atoms with van der Waals surface area (Å²) in [5, 5.41) is 9.50. The second-order valence-electron chi connectivity index (χ2n) is 2.78. The minimum atomic E-state index is -0.776. The van der Waals surface area contributed by atoms with Crippen molar-refractivity contribution in [3.8, 4) is 11.5 Å². The number of benzene rings is 1. The molecule has 0 radical (unpaired) electrons. The maximum absolute atomic E-state index is 13.3. The zero-order valence-electron chi connectivity index (χ0n) is 8.13. The number of phenolic OH excluding ortho intramolecular Hbond substituents is 1. The molecule has 0 spiro atoms. The Morgan fingerprint density at radius 2 is 2.33 bits per heavy atom. The molecule has 0 saturated carbocycles. The highest BCUT2D eigenvalue weighted by Gasteiger charge is 2.15. The number of nitrogens with two attached hydrogens (primary N) is 1. The van der Waals surface area contributed by atoms with Gasteiger partial charge in [-0.15, -0.1) is 0 Å². The van der Waals surface area contributed by atoms with Crippen LogP contribution in [0, 0.1) is 5.82 Å². The fraction of sp³-hybridized carbons (Fsp3) is 0.200. The maximum atomic E-state index is 13.3. The minimum Gasteiger partial charge on any atom is -0.504 e.